The maximum absolute atomic E-state index is 5.95. The number of nitrogens with zero attached hydrogens (tertiary/aromatic N) is 2. The second kappa shape index (κ2) is 6.50. The van der Waals surface area contributed by atoms with Crippen LogP contribution in [0.5, 0.6) is 0 Å². The topological polar surface area (TPSA) is 32.5 Å². The fourth-order valence-electron chi connectivity index (χ4n) is 2.75. The first kappa shape index (κ1) is 14.4. The van der Waals surface area contributed by atoms with Crippen molar-refractivity contribution < 1.29 is 0 Å². The van der Waals surface area contributed by atoms with Crippen molar-refractivity contribution in [2.45, 2.75) is 6.54 Å². The van der Waals surface area contributed by atoms with Gasteiger partial charge < -0.3 is 10.6 Å². The highest BCUT2D eigenvalue weighted by Crippen LogP contribution is 2.22. The van der Waals surface area contributed by atoms with E-state index in [1.165, 1.54) is 11.3 Å². The van der Waals surface area contributed by atoms with Crippen LogP contribution >= 0.6 is 15.9 Å². The Hall–Kier alpha value is -1.52. The largest absolute Gasteiger partial charge is 0.398 e. The number of anilines is 2. The number of para-hydroxylation sites is 1. The molecule has 2 aromatic rings. The maximum Gasteiger partial charge on any atom is 0.0461 e. The Morgan fingerprint density at radius 2 is 1.67 bits per heavy atom. The minimum Gasteiger partial charge on any atom is -0.398 e. The van der Waals surface area contributed by atoms with Gasteiger partial charge >= 0.3 is 0 Å². The number of halogens is 1. The molecule has 21 heavy (non-hydrogen) atoms. The molecular formula is C17H20BrN3. The van der Waals surface area contributed by atoms with Gasteiger partial charge in [0, 0.05) is 48.6 Å². The number of rotatable bonds is 3. The van der Waals surface area contributed by atoms with Gasteiger partial charge in [0.2, 0.25) is 0 Å². The van der Waals surface area contributed by atoms with Crippen molar-refractivity contribution in [2.24, 2.45) is 0 Å². The summed E-state index contributed by atoms with van der Waals surface area (Å²) in [6.45, 7) is 5.31. The van der Waals surface area contributed by atoms with Crippen LogP contribution in [-0.4, -0.2) is 31.1 Å². The molecular weight excluding hydrogens is 326 g/mol. The molecule has 0 amide bonds. The van der Waals surface area contributed by atoms with Gasteiger partial charge in [-0.05, 0) is 45.8 Å². The molecule has 0 bridgehead atoms. The van der Waals surface area contributed by atoms with E-state index in [2.05, 4.69) is 68.2 Å². The Balaban J connectivity index is 1.57. The summed E-state index contributed by atoms with van der Waals surface area (Å²) >= 11 is 3.44. The molecule has 1 fully saturated rings. The van der Waals surface area contributed by atoms with Crippen LogP contribution < -0.4 is 10.6 Å². The summed E-state index contributed by atoms with van der Waals surface area (Å²) in [5, 5.41) is 0. The molecule has 0 atom stereocenters. The van der Waals surface area contributed by atoms with Gasteiger partial charge in [0.25, 0.3) is 0 Å². The van der Waals surface area contributed by atoms with Crippen LogP contribution in [0.4, 0.5) is 11.4 Å². The molecule has 1 heterocycles. The third-order valence-corrected chi connectivity index (χ3v) is 4.68. The number of nitrogen functional groups attached to an aromatic ring is 1. The molecule has 0 radical (unpaired) electrons. The lowest BCUT2D eigenvalue weighted by molar-refractivity contribution is 0.250. The van der Waals surface area contributed by atoms with Crippen molar-refractivity contribution in [2.75, 3.05) is 36.8 Å². The van der Waals surface area contributed by atoms with E-state index in [1.54, 1.807) is 0 Å². The van der Waals surface area contributed by atoms with Crippen LogP contribution in [0.3, 0.4) is 0 Å². The van der Waals surface area contributed by atoms with Crippen LogP contribution in [0.2, 0.25) is 0 Å². The number of nitrogens with two attached hydrogens (primary N) is 1. The molecule has 0 saturated carbocycles. The monoisotopic (exact) mass is 345 g/mol. The molecule has 2 N–H and O–H groups in total. The highest BCUT2D eigenvalue weighted by atomic mass is 79.9. The molecule has 1 aliphatic rings. The lowest BCUT2D eigenvalue weighted by Crippen LogP contribution is -2.45. The Labute approximate surface area is 134 Å². The first-order valence-corrected chi connectivity index (χ1v) is 8.08. The summed E-state index contributed by atoms with van der Waals surface area (Å²) in [4.78, 5) is 4.94. The lowest BCUT2D eigenvalue weighted by Gasteiger charge is -2.36. The summed E-state index contributed by atoms with van der Waals surface area (Å²) in [6, 6.07) is 16.9. The van der Waals surface area contributed by atoms with Gasteiger partial charge in [-0.2, -0.15) is 0 Å². The minimum atomic E-state index is 0.815. The van der Waals surface area contributed by atoms with E-state index >= 15 is 0 Å². The Kier molecular flexibility index (Phi) is 4.46. The molecule has 110 valence electrons. The Bertz CT molecular complexity index is 592. The molecule has 0 unspecified atom stereocenters. The molecule has 3 rings (SSSR count). The predicted molar refractivity (Wildman–Crippen MR) is 92.5 cm³/mol. The highest BCUT2D eigenvalue weighted by molar-refractivity contribution is 9.10. The zero-order chi connectivity index (χ0) is 14.7. The van der Waals surface area contributed by atoms with Crippen LogP contribution in [0.25, 0.3) is 0 Å². The Morgan fingerprint density at radius 3 is 2.33 bits per heavy atom. The van der Waals surface area contributed by atoms with E-state index in [0.717, 1.165) is 42.9 Å². The zero-order valence-corrected chi connectivity index (χ0v) is 13.6. The molecule has 3 nitrogen and oxygen atoms in total. The van der Waals surface area contributed by atoms with E-state index in [-0.39, 0.29) is 0 Å². The Morgan fingerprint density at radius 1 is 0.952 bits per heavy atom. The molecule has 0 aromatic heterocycles. The van der Waals surface area contributed by atoms with Gasteiger partial charge in [0.05, 0.1) is 0 Å². The summed E-state index contributed by atoms with van der Waals surface area (Å²) < 4.78 is 0.972. The normalized spacial score (nSPS) is 16.1. The summed E-state index contributed by atoms with van der Waals surface area (Å²) in [5.41, 5.74) is 9.37. The van der Waals surface area contributed by atoms with Crippen molar-refractivity contribution in [3.05, 3.63) is 58.6 Å². The number of hydrogen-bond acceptors (Lipinski definition) is 3. The van der Waals surface area contributed by atoms with Gasteiger partial charge in [0.15, 0.2) is 0 Å². The van der Waals surface area contributed by atoms with E-state index in [0.29, 0.717) is 0 Å². The van der Waals surface area contributed by atoms with Gasteiger partial charge in [0.1, 0.15) is 0 Å². The van der Waals surface area contributed by atoms with Gasteiger partial charge in [-0.15, -0.1) is 0 Å². The third-order valence-electron chi connectivity index (χ3n) is 3.96. The second-order valence-electron chi connectivity index (χ2n) is 5.45. The van der Waals surface area contributed by atoms with Gasteiger partial charge in [-0.25, -0.2) is 0 Å². The predicted octanol–water partition coefficient (Wildman–Crippen LogP) is 3.35. The summed E-state index contributed by atoms with van der Waals surface area (Å²) in [6.07, 6.45) is 0. The lowest BCUT2D eigenvalue weighted by atomic mass is 10.1. The fraction of sp³-hybridized carbons (Fsp3) is 0.294. The number of benzene rings is 2. The van der Waals surface area contributed by atoms with E-state index in [9.17, 15) is 0 Å². The van der Waals surface area contributed by atoms with E-state index in [1.807, 2.05) is 6.07 Å². The van der Waals surface area contributed by atoms with Crippen LogP contribution in [0, 0.1) is 0 Å². The quantitative estimate of drug-likeness (QED) is 0.865. The molecule has 4 heteroatoms. The highest BCUT2D eigenvalue weighted by Gasteiger charge is 2.17. The first-order valence-electron chi connectivity index (χ1n) is 7.28. The van der Waals surface area contributed by atoms with Gasteiger partial charge in [-0.1, -0.05) is 24.3 Å². The van der Waals surface area contributed by atoms with E-state index in [4.69, 9.17) is 5.73 Å². The summed E-state index contributed by atoms with van der Waals surface area (Å²) in [5.74, 6) is 0. The third kappa shape index (κ3) is 3.57. The van der Waals surface area contributed by atoms with Crippen LogP contribution in [0.15, 0.2) is 53.0 Å². The van der Waals surface area contributed by atoms with E-state index < -0.39 is 0 Å². The van der Waals surface area contributed by atoms with Crippen LogP contribution in [0.1, 0.15) is 5.56 Å². The average Bonchev–Trinajstić information content (AvgIpc) is 2.53. The van der Waals surface area contributed by atoms with Crippen molar-refractivity contribution in [3.63, 3.8) is 0 Å². The van der Waals surface area contributed by atoms with Crippen molar-refractivity contribution >= 4 is 27.3 Å². The SMILES string of the molecule is Nc1cc(CN2CCN(c3ccccc3)CC2)ccc1Br. The molecule has 1 saturated heterocycles. The smallest absolute Gasteiger partial charge is 0.0461 e. The molecule has 0 spiro atoms. The number of piperazine rings is 1. The van der Waals surface area contributed by atoms with Crippen molar-refractivity contribution in [1.82, 2.24) is 4.90 Å². The molecule has 0 aliphatic carbocycles. The van der Waals surface area contributed by atoms with Crippen molar-refractivity contribution in [3.8, 4) is 0 Å². The zero-order valence-electron chi connectivity index (χ0n) is 12.0. The molecule has 2 aromatic carbocycles. The second-order valence-corrected chi connectivity index (χ2v) is 6.31. The number of hydrogen-bond donors (Lipinski definition) is 1. The average molecular weight is 346 g/mol. The summed E-state index contributed by atoms with van der Waals surface area (Å²) in [7, 11) is 0. The fourth-order valence-corrected chi connectivity index (χ4v) is 3.00. The minimum absolute atomic E-state index is 0.815. The maximum atomic E-state index is 5.95. The molecule has 1 aliphatic heterocycles. The van der Waals surface area contributed by atoms with Crippen LogP contribution in [-0.2, 0) is 6.54 Å². The van der Waals surface area contributed by atoms with Gasteiger partial charge in [-0.3, -0.25) is 4.90 Å². The van der Waals surface area contributed by atoms with Crippen molar-refractivity contribution in [1.29, 1.82) is 0 Å². The first-order chi connectivity index (χ1) is 10.2. The standard InChI is InChI=1S/C17H20BrN3/c18-16-7-6-14(12-17(16)19)13-20-8-10-21(11-9-20)15-4-2-1-3-5-15/h1-7,12H,8-11,13,19H2.